The topological polar surface area (TPSA) is 70.9 Å². The third-order valence-corrected chi connectivity index (χ3v) is 5.35. The van der Waals surface area contributed by atoms with Gasteiger partial charge in [-0.2, -0.15) is 0 Å². The Morgan fingerprint density at radius 2 is 1.70 bits per heavy atom. The van der Waals surface area contributed by atoms with E-state index in [0.717, 1.165) is 36.1 Å². The number of hydrogen-bond donors (Lipinski definition) is 2. The molecule has 2 aromatic carbocycles. The number of carbonyl (C=O) groups is 1. The van der Waals surface area contributed by atoms with Gasteiger partial charge in [0.05, 0.1) is 13.7 Å². The van der Waals surface area contributed by atoms with Gasteiger partial charge in [0.1, 0.15) is 17.7 Å². The van der Waals surface area contributed by atoms with E-state index >= 15 is 0 Å². The Kier molecular flexibility index (Phi) is 11.7. The minimum absolute atomic E-state index is 0. The van der Waals surface area contributed by atoms with Gasteiger partial charge < -0.3 is 15.2 Å². The molecule has 3 atom stereocenters. The zero-order valence-electron chi connectivity index (χ0n) is 19.6. The van der Waals surface area contributed by atoms with Crippen LogP contribution in [-0.4, -0.2) is 42.6 Å². The van der Waals surface area contributed by atoms with Gasteiger partial charge in [-0.3, -0.25) is 4.99 Å². The van der Waals surface area contributed by atoms with E-state index < -0.39 is 6.04 Å². The Morgan fingerprint density at radius 1 is 1.12 bits per heavy atom. The molecule has 2 heterocycles. The van der Waals surface area contributed by atoms with E-state index in [1.54, 1.807) is 31.2 Å². The lowest BCUT2D eigenvalue weighted by molar-refractivity contribution is -0.141. The number of nitrogens with one attached hydrogen (secondary N) is 1. The van der Waals surface area contributed by atoms with E-state index in [0.29, 0.717) is 13.3 Å². The van der Waals surface area contributed by atoms with E-state index in [1.165, 1.54) is 31.4 Å². The zero-order valence-corrected chi connectivity index (χ0v) is 18.6. The summed E-state index contributed by atoms with van der Waals surface area (Å²) in [6, 6.07) is 12.8. The summed E-state index contributed by atoms with van der Waals surface area (Å²) < 4.78 is 36.2. The number of halogens is 2. The summed E-state index contributed by atoms with van der Waals surface area (Å²) in [5, 5.41) is 12.3. The molecule has 7 heteroatoms. The van der Waals surface area contributed by atoms with Crippen molar-refractivity contribution in [3.63, 3.8) is 0 Å². The molecule has 1 saturated heterocycles. The molecular weight excluding hydrogens is 426 g/mol. The summed E-state index contributed by atoms with van der Waals surface area (Å²) in [4.78, 5) is 15.5. The largest absolute Gasteiger partial charge is 0.467 e. The molecule has 0 aromatic heterocycles. The van der Waals surface area contributed by atoms with Crippen LogP contribution in [0, 0.1) is 11.6 Å². The minimum atomic E-state index is -0.398. The average Bonchev–Trinajstić information content (AvgIpc) is 3.51. The minimum Gasteiger partial charge on any atom is -0.467 e. The second-order valence-electron chi connectivity index (χ2n) is 7.39. The van der Waals surface area contributed by atoms with Gasteiger partial charge in [-0.05, 0) is 61.1 Å². The summed E-state index contributed by atoms with van der Waals surface area (Å²) in [5.41, 5.74) is 2.81. The third kappa shape index (κ3) is 8.33. The number of carbonyl (C=O) groups excluding carboxylic acids is 1. The highest BCUT2D eigenvalue weighted by molar-refractivity contribution is 6.03. The summed E-state index contributed by atoms with van der Waals surface area (Å²) in [7, 11) is 1.35. The van der Waals surface area contributed by atoms with E-state index in [9.17, 15) is 13.6 Å². The molecular formula is C26H36F2N2O3. The van der Waals surface area contributed by atoms with E-state index in [4.69, 9.17) is 6.48 Å². The van der Waals surface area contributed by atoms with Crippen LogP contribution in [-0.2, 0) is 9.53 Å². The van der Waals surface area contributed by atoms with E-state index in [2.05, 4.69) is 15.0 Å². The monoisotopic (exact) mass is 463 g/mol. The van der Waals surface area contributed by atoms with Gasteiger partial charge in [0.25, 0.3) is 0 Å². The lowest BCUT2D eigenvalue weighted by atomic mass is 10.1. The van der Waals surface area contributed by atoms with Crippen LogP contribution in [0.15, 0.2) is 53.5 Å². The number of esters is 1. The summed E-state index contributed by atoms with van der Waals surface area (Å²) in [6.07, 6.45) is 3.39. The van der Waals surface area contributed by atoms with Crippen molar-refractivity contribution in [3.05, 3.63) is 71.3 Å². The van der Waals surface area contributed by atoms with E-state index in [-0.39, 0.29) is 43.7 Å². The highest BCUT2D eigenvalue weighted by Gasteiger charge is 2.25. The summed E-state index contributed by atoms with van der Waals surface area (Å²) in [5.74, 6) is -0.783. The van der Waals surface area contributed by atoms with Gasteiger partial charge in [-0.1, -0.05) is 45.5 Å². The van der Waals surface area contributed by atoms with Crippen LogP contribution in [0.2, 0.25) is 0 Å². The fourth-order valence-corrected chi connectivity index (χ4v) is 3.68. The van der Waals surface area contributed by atoms with Crippen LogP contribution in [0.25, 0.3) is 0 Å². The predicted molar refractivity (Wildman–Crippen MR) is 128 cm³/mol. The van der Waals surface area contributed by atoms with Crippen molar-refractivity contribution < 1.29 is 24.8 Å². The Balaban J connectivity index is 0.000000299. The number of ether oxygens (including phenoxy) is 1. The lowest BCUT2D eigenvalue weighted by Crippen LogP contribution is -2.27. The molecule has 1 unspecified atom stereocenters. The van der Waals surface area contributed by atoms with Crippen molar-refractivity contribution in [1.29, 1.82) is 0 Å². The number of methoxy groups -OCH3 is 1. The molecule has 0 spiro atoms. The molecule has 33 heavy (non-hydrogen) atoms. The van der Waals surface area contributed by atoms with E-state index in [1.807, 2.05) is 0 Å². The molecule has 0 amide bonds. The molecule has 2 aliphatic rings. The summed E-state index contributed by atoms with van der Waals surface area (Å²) in [6.45, 7) is 2.47. The first-order valence-electron chi connectivity index (χ1n) is 11.4. The molecule has 0 radical (unpaired) electrons. The molecule has 2 N–H and O–H groups in total. The van der Waals surface area contributed by atoms with Crippen molar-refractivity contribution in [2.24, 2.45) is 4.99 Å². The van der Waals surface area contributed by atoms with Crippen LogP contribution in [0.1, 0.15) is 65.5 Å². The Morgan fingerprint density at radius 3 is 2.21 bits per heavy atom. The van der Waals surface area contributed by atoms with Crippen molar-refractivity contribution in [2.75, 3.05) is 13.7 Å². The molecule has 2 aromatic rings. The van der Waals surface area contributed by atoms with Crippen molar-refractivity contribution in [2.45, 2.75) is 65.1 Å². The Labute approximate surface area is 197 Å². The number of hydrogen-bond acceptors (Lipinski definition) is 5. The third-order valence-electron chi connectivity index (χ3n) is 5.35. The van der Waals surface area contributed by atoms with Gasteiger partial charge in [0.2, 0.25) is 0 Å². The fourth-order valence-electron chi connectivity index (χ4n) is 3.68. The van der Waals surface area contributed by atoms with Crippen LogP contribution in [0.4, 0.5) is 8.78 Å². The summed E-state index contributed by atoms with van der Waals surface area (Å²) >= 11 is 0. The first kappa shape index (κ1) is 26.6. The molecule has 0 bridgehead atoms. The standard InChI is InChI=1S/C12H12FNO2.C11H14FNO.C2H6.CH4/c1-16-12(15)11-7-6-10(14-11)8-2-4-9(13)5-3-8;12-9-3-1-8(2-4-9)11-6-5-10(7-14)13-11;1-2;/h2-5,11H,6-7H2,1H3;1-4,10-11,13-14H,5-7H2;1-2H3;1H4/t11-;10-,11?;;/m00../s1/i;;1D;. The quantitative estimate of drug-likeness (QED) is 0.610. The van der Waals surface area contributed by atoms with Gasteiger partial charge in [0, 0.05) is 19.2 Å². The molecule has 182 valence electrons. The molecule has 0 saturated carbocycles. The lowest BCUT2D eigenvalue weighted by Gasteiger charge is -2.12. The molecule has 4 rings (SSSR count). The first-order chi connectivity index (χ1) is 15.9. The zero-order chi connectivity index (χ0) is 24.2. The highest BCUT2D eigenvalue weighted by atomic mass is 19.1. The number of aliphatic hydroxyl groups excluding tert-OH is 1. The van der Waals surface area contributed by atoms with Gasteiger partial charge >= 0.3 is 5.97 Å². The number of aliphatic hydroxyl groups is 1. The van der Waals surface area contributed by atoms with Gasteiger partial charge in [0.15, 0.2) is 0 Å². The smallest absolute Gasteiger partial charge is 0.330 e. The molecule has 0 aliphatic carbocycles. The van der Waals surface area contributed by atoms with Crippen LogP contribution >= 0.6 is 0 Å². The number of nitrogens with zero attached hydrogens (tertiary/aromatic N) is 1. The number of rotatable bonds is 4. The maximum absolute atomic E-state index is 12.7. The SMILES string of the molecule is C.COC(=O)[C@@H]1CCC(c2ccc(F)cc2)=N1.OC[C@@H]1CCC(c2ccc(F)cc2)N1.[2H]CC. The molecule has 1 fully saturated rings. The molecule has 5 nitrogen and oxygen atoms in total. The second kappa shape index (κ2) is 14.5. The van der Waals surface area contributed by atoms with Crippen molar-refractivity contribution >= 4 is 11.7 Å². The fraction of sp³-hybridized carbons (Fsp3) is 0.462. The molecule has 2 aliphatic heterocycles. The van der Waals surface area contributed by atoms with Gasteiger partial charge in [-0.15, -0.1) is 0 Å². The second-order valence-corrected chi connectivity index (χ2v) is 7.39. The van der Waals surface area contributed by atoms with Crippen LogP contribution in [0.3, 0.4) is 0 Å². The van der Waals surface area contributed by atoms with Crippen LogP contribution < -0.4 is 5.32 Å². The highest BCUT2D eigenvalue weighted by Crippen LogP contribution is 2.26. The number of aliphatic imine (C=N–C) groups is 1. The van der Waals surface area contributed by atoms with Crippen molar-refractivity contribution in [1.82, 2.24) is 5.32 Å². The average molecular weight is 464 g/mol. The number of benzene rings is 2. The first-order valence-corrected chi connectivity index (χ1v) is 10.7. The van der Waals surface area contributed by atoms with Gasteiger partial charge in [-0.25, -0.2) is 13.6 Å². The normalized spacial score (nSPS) is 21.3. The van der Waals surface area contributed by atoms with Crippen LogP contribution in [0.5, 0.6) is 0 Å². The Bertz CT molecular complexity index is 892. The maximum atomic E-state index is 12.7. The Hall–Kier alpha value is -2.64. The predicted octanol–water partition coefficient (Wildman–Crippen LogP) is 5.22. The van der Waals surface area contributed by atoms with Crippen molar-refractivity contribution in [3.8, 4) is 0 Å². The maximum Gasteiger partial charge on any atom is 0.330 e.